The Balaban J connectivity index is 1.51. The summed E-state index contributed by atoms with van der Waals surface area (Å²) in [6.07, 6.45) is 1.85. The molecule has 5 rings (SSSR count). The van der Waals surface area contributed by atoms with Gasteiger partial charge in [-0.15, -0.1) is 0 Å². The number of pyridine rings is 1. The van der Waals surface area contributed by atoms with Crippen molar-refractivity contribution >= 4 is 33.9 Å². The topological polar surface area (TPSA) is 34.5 Å². The van der Waals surface area contributed by atoms with Gasteiger partial charge in [-0.25, -0.2) is 4.99 Å². The average molecular weight is 371 g/mol. The molecule has 4 heteroatoms. The van der Waals surface area contributed by atoms with E-state index in [-0.39, 0.29) is 0 Å². The zero-order chi connectivity index (χ0) is 18.2. The molecule has 27 heavy (non-hydrogen) atoms. The number of para-hydroxylation sites is 1. The van der Waals surface area contributed by atoms with Crippen molar-refractivity contribution in [1.82, 2.24) is 4.98 Å². The smallest absolute Gasteiger partial charge is 0.146 e. The van der Waals surface area contributed by atoms with E-state index < -0.39 is 0 Å². The van der Waals surface area contributed by atoms with Crippen molar-refractivity contribution in [2.24, 2.45) is 4.99 Å². The molecule has 1 aliphatic heterocycles. The van der Waals surface area contributed by atoms with Crippen LogP contribution in [-0.4, -0.2) is 17.3 Å². The van der Waals surface area contributed by atoms with Gasteiger partial charge in [0.15, 0.2) is 0 Å². The number of fused-ring (bicyclic) bond motifs is 2. The minimum Gasteiger partial charge on any atom is -0.485 e. The molecule has 1 aliphatic rings. The predicted octanol–water partition coefficient (Wildman–Crippen LogP) is 6.07. The SMILES string of the molecule is Clc1ccc2c(c1)OCC(c1ccc(-c3ccnc4ccccc34)cc1)=N2. The summed E-state index contributed by atoms with van der Waals surface area (Å²) in [4.78, 5) is 9.17. The third-order valence-electron chi connectivity index (χ3n) is 4.72. The van der Waals surface area contributed by atoms with E-state index >= 15 is 0 Å². The highest BCUT2D eigenvalue weighted by Crippen LogP contribution is 2.34. The maximum absolute atomic E-state index is 6.01. The van der Waals surface area contributed by atoms with Crippen LogP contribution in [0.1, 0.15) is 5.56 Å². The van der Waals surface area contributed by atoms with Crippen LogP contribution in [0.3, 0.4) is 0 Å². The van der Waals surface area contributed by atoms with Crippen LogP contribution in [0.15, 0.2) is 84.0 Å². The van der Waals surface area contributed by atoms with Gasteiger partial charge in [0.25, 0.3) is 0 Å². The molecule has 3 aromatic carbocycles. The first-order valence-corrected chi connectivity index (χ1v) is 9.10. The van der Waals surface area contributed by atoms with E-state index in [0.717, 1.165) is 39.2 Å². The molecule has 0 saturated carbocycles. The zero-order valence-electron chi connectivity index (χ0n) is 14.4. The Bertz CT molecular complexity index is 1180. The van der Waals surface area contributed by atoms with Gasteiger partial charge in [0, 0.05) is 22.7 Å². The van der Waals surface area contributed by atoms with Crippen molar-refractivity contribution in [1.29, 1.82) is 0 Å². The molecular weight excluding hydrogens is 356 g/mol. The van der Waals surface area contributed by atoms with Gasteiger partial charge in [0.05, 0.1) is 11.2 Å². The second kappa shape index (κ2) is 6.53. The van der Waals surface area contributed by atoms with Crippen LogP contribution in [0.2, 0.25) is 5.02 Å². The number of benzene rings is 3. The molecule has 0 aliphatic carbocycles. The maximum Gasteiger partial charge on any atom is 0.146 e. The third-order valence-corrected chi connectivity index (χ3v) is 4.95. The molecular formula is C23H15ClN2O. The number of nitrogens with zero attached hydrogens (tertiary/aromatic N) is 2. The Hall–Kier alpha value is -3.17. The summed E-state index contributed by atoms with van der Waals surface area (Å²) in [5.41, 5.74) is 6.11. The average Bonchev–Trinajstić information content (AvgIpc) is 2.73. The minimum atomic E-state index is 0.435. The van der Waals surface area contributed by atoms with E-state index in [9.17, 15) is 0 Å². The van der Waals surface area contributed by atoms with Gasteiger partial charge in [-0.05, 0) is 41.0 Å². The first-order chi connectivity index (χ1) is 13.3. The summed E-state index contributed by atoms with van der Waals surface area (Å²) in [5.74, 6) is 0.728. The number of halogens is 1. The van der Waals surface area contributed by atoms with Gasteiger partial charge < -0.3 is 4.74 Å². The summed E-state index contributed by atoms with van der Waals surface area (Å²) >= 11 is 6.01. The van der Waals surface area contributed by atoms with E-state index in [1.165, 1.54) is 5.56 Å². The molecule has 0 atom stereocenters. The standard InChI is InChI=1S/C23H15ClN2O/c24-17-9-10-21-23(13-17)27-14-22(26-21)16-7-5-15(6-8-16)18-11-12-25-20-4-2-1-3-19(18)20/h1-13H,14H2. The van der Waals surface area contributed by atoms with Gasteiger partial charge in [-0.1, -0.05) is 54.1 Å². The molecule has 4 aromatic rings. The van der Waals surface area contributed by atoms with Crippen molar-refractivity contribution in [2.75, 3.05) is 6.61 Å². The second-order valence-corrected chi connectivity index (χ2v) is 6.85. The highest BCUT2D eigenvalue weighted by atomic mass is 35.5. The van der Waals surface area contributed by atoms with Crippen LogP contribution in [0.4, 0.5) is 5.69 Å². The van der Waals surface area contributed by atoms with Crippen molar-refractivity contribution in [3.8, 4) is 16.9 Å². The first kappa shape index (κ1) is 16.0. The number of aromatic nitrogens is 1. The zero-order valence-corrected chi connectivity index (χ0v) is 15.1. The van der Waals surface area contributed by atoms with E-state index in [2.05, 4.69) is 41.4 Å². The molecule has 2 heterocycles. The van der Waals surface area contributed by atoms with Crippen molar-refractivity contribution in [3.63, 3.8) is 0 Å². The lowest BCUT2D eigenvalue weighted by Gasteiger charge is -2.17. The molecule has 0 N–H and O–H groups in total. The lowest BCUT2D eigenvalue weighted by atomic mass is 9.99. The highest BCUT2D eigenvalue weighted by Gasteiger charge is 2.15. The van der Waals surface area contributed by atoms with Gasteiger partial charge in [0.1, 0.15) is 18.0 Å². The fourth-order valence-electron chi connectivity index (χ4n) is 3.36. The van der Waals surface area contributed by atoms with Crippen molar-refractivity contribution < 1.29 is 4.74 Å². The van der Waals surface area contributed by atoms with Gasteiger partial charge in [-0.2, -0.15) is 0 Å². The van der Waals surface area contributed by atoms with Gasteiger partial charge in [0.2, 0.25) is 0 Å². The summed E-state index contributed by atoms with van der Waals surface area (Å²) < 4.78 is 5.82. The first-order valence-electron chi connectivity index (χ1n) is 8.72. The molecule has 0 amide bonds. The van der Waals surface area contributed by atoms with E-state index in [0.29, 0.717) is 11.6 Å². The summed E-state index contributed by atoms with van der Waals surface area (Å²) in [5, 5.41) is 1.80. The number of aliphatic imine (C=N–C) groups is 1. The number of hydrogen-bond acceptors (Lipinski definition) is 3. The van der Waals surface area contributed by atoms with Crippen LogP contribution in [-0.2, 0) is 0 Å². The molecule has 0 fully saturated rings. The monoisotopic (exact) mass is 370 g/mol. The number of ether oxygens (including phenoxy) is 1. The van der Waals surface area contributed by atoms with Crippen molar-refractivity contribution in [3.05, 3.63) is 89.6 Å². The Labute approximate surface area is 161 Å². The van der Waals surface area contributed by atoms with Gasteiger partial charge in [-0.3, -0.25) is 4.98 Å². The molecule has 130 valence electrons. The normalized spacial score (nSPS) is 13.0. The number of rotatable bonds is 2. The van der Waals surface area contributed by atoms with E-state index in [4.69, 9.17) is 21.3 Å². The Kier molecular flexibility index (Phi) is 3.88. The Morgan fingerprint density at radius 3 is 2.56 bits per heavy atom. The summed E-state index contributed by atoms with van der Waals surface area (Å²) in [6, 6.07) is 24.2. The summed E-state index contributed by atoms with van der Waals surface area (Å²) in [6.45, 7) is 0.435. The van der Waals surface area contributed by atoms with Crippen LogP contribution < -0.4 is 4.74 Å². The molecule has 0 saturated heterocycles. The fourth-order valence-corrected chi connectivity index (χ4v) is 3.52. The molecule has 0 unspecified atom stereocenters. The molecule has 0 radical (unpaired) electrons. The Morgan fingerprint density at radius 2 is 1.67 bits per heavy atom. The highest BCUT2D eigenvalue weighted by molar-refractivity contribution is 6.30. The molecule has 1 aromatic heterocycles. The third kappa shape index (κ3) is 2.96. The Morgan fingerprint density at radius 1 is 0.852 bits per heavy atom. The van der Waals surface area contributed by atoms with E-state index in [1.54, 1.807) is 6.07 Å². The quantitative estimate of drug-likeness (QED) is 0.429. The van der Waals surface area contributed by atoms with E-state index in [1.807, 2.05) is 36.5 Å². The van der Waals surface area contributed by atoms with Gasteiger partial charge >= 0.3 is 0 Å². The van der Waals surface area contributed by atoms with Crippen molar-refractivity contribution in [2.45, 2.75) is 0 Å². The lowest BCUT2D eigenvalue weighted by Crippen LogP contribution is -2.16. The minimum absolute atomic E-state index is 0.435. The maximum atomic E-state index is 6.01. The number of hydrogen-bond donors (Lipinski definition) is 0. The van der Waals surface area contributed by atoms with Crippen LogP contribution in [0.25, 0.3) is 22.0 Å². The van der Waals surface area contributed by atoms with Crippen LogP contribution in [0, 0.1) is 0 Å². The molecule has 3 nitrogen and oxygen atoms in total. The largest absolute Gasteiger partial charge is 0.485 e. The molecule has 0 bridgehead atoms. The second-order valence-electron chi connectivity index (χ2n) is 6.41. The summed E-state index contributed by atoms with van der Waals surface area (Å²) in [7, 11) is 0. The fraction of sp³-hybridized carbons (Fsp3) is 0.0435. The van der Waals surface area contributed by atoms with Crippen LogP contribution in [0.5, 0.6) is 5.75 Å². The lowest BCUT2D eigenvalue weighted by molar-refractivity contribution is 0.373. The molecule has 0 spiro atoms. The van der Waals surface area contributed by atoms with Crippen LogP contribution >= 0.6 is 11.6 Å². The predicted molar refractivity (Wildman–Crippen MR) is 110 cm³/mol.